The number of carbonyl (C=O) groups excluding carboxylic acids is 1. The lowest BCUT2D eigenvalue weighted by Crippen LogP contribution is -2.48. The van der Waals surface area contributed by atoms with Crippen molar-refractivity contribution >= 4 is 11.9 Å². The Morgan fingerprint density at radius 1 is 1.25 bits per heavy atom. The van der Waals surface area contributed by atoms with Crippen LogP contribution >= 0.6 is 0 Å². The summed E-state index contributed by atoms with van der Waals surface area (Å²) in [5.74, 6) is -2.60. The number of carbonyl (C=O) groups is 2. The van der Waals surface area contributed by atoms with Crippen LogP contribution in [0.1, 0.15) is 25.3 Å². The van der Waals surface area contributed by atoms with Crippen LogP contribution in [-0.2, 0) is 16.0 Å². The number of benzene rings is 1. The van der Waals surface area contributed by atoms with Gasteiger partial charge in [0.15, 0.2) is 0 Å². The van der Waals surface area contributed by atoms with E-state index in [0.717, 1.165) is 12.1 Å². The summed E-state index contributed by atoms with van der Waals surface area (Å²) in [6, 6.07) is 3.66. The maximum absolute atomic E-state index is 13.6. The van der Waals surface area contributed by atoms with E-state index in [0.29, 0.717) is 32.5 Å². The number of carboxylic acids is 1. The molecule has 1 N–H and O–H groups in total. The molecule has 5 nitrogen and oxygen atoms in total. The fourth-order valence-electron chi connectivity index (χ4n) is 3.12. The Balaban J connectivity index is 1.92. The van der Waals surface area contributed by atoms with Gasteiger partial charge in [0, 0.05) is 24.7 Å². The second kappa shape index (κ2) is 8.19. The lowest BCUT2D eigenvalue weighted by atomic mass is 10.0. The molecule has 1 aliphatic heterocycles. The summed E-state index contributed by atoms with van der Waals surface area (Å²) < 4.78 is 27.3. The van der Waals surface area contributed by atoms with E-state index in [9.17, 15) is 18.4 Å². The molecule has 1 aliphatic rings. The molecule has 1 saturated heterocycles. The van der Waals surface area contributed by atoms with Gasteiger partial charge in [-0.15, -0.1) is 0 Å². The van der Waals surface area contributed by atoms with Crippen molar-refractivity contribution in [1.82, 2.24) is 9.80 Å². The number of hydrogen-bond acceptors (Lipinski definition) is 3. The van der Waals surface area contributed by atoms with Crippen molar-refractivity contribution in [2.75, 3.05) is 26.2 Å². The summed E-state index contributed by atoms with van der Waals surface area (Å²) >= 11 is 0. The minimum atomic E-state index is -0.870. The summed E-state index contributed by atoms with van der Waals surface area (Å²) in [4.78, 5) is 26.6. The Morgan fingerprint density at radius 2 is 1.83 bits per heavy atom. The van der Waals surface area contributed by atoms with E-state index < -0.39 is 17.6 Å². The zero-order valence-electron chi connectivity index (χ0n) is 13.7. The molecular weight excluding hydrogens is 318 g/mol. The zero-order chi connectivity index (χ0) is 17.7. The number of nitrogens with zero attached hydrogens (tertiary/aromatic N) is 2. The lowest BCUT2D eigenvalue weighted by Gasteiger charge is -2.37. The Kier molecular flexibility index (Phi) is 6.25. The van der Waals surface area contributed by atoms with Crippen molar-refractivity contribution in [3.05, 3.63) is 35.4 Å². The maximum atomic E-state index is 13.6. The third-order valence-corrected chi connectivity index (χ3v) is 4.47. The molecule has 0 saturated carbocycles. The number of piperidine rings is 1. The average molecular weight is 340 g/mol. The maximum Gasteiger partial charge on any atom is 0.317 e. The SMILES string of the molecule is CCN(CC(=O)O)C1CCN(C(=O)Cc2c(F)cccc2F)CC1. The van der Waals surface area contributed by atoms with Gasteiger partial charge in [0.05, 0.1) is 13.0 Å². The number of carboxylic acid groups (broad SMARTS) is 1. The summed E-state index contributed by atoms with van der Waals surface area (Å²) in [6.07, 6.45) is 1.02. The molecule has 1 fully saturated rings. The van der Waals surface area contributed by atoms with Gasteiger partial charge >= 0.3 is 5.97 Å². The van der Waals surface area contributed by atoms with Crippen LogP contribution in [0.2, 0.25) is 0 Å². The van der Waals surface area contributed by atoms with E-state index in [1.54, 1.807) is 4.90 Å². The van der Waals surface area contributed by atoms with Crippen LogP contribution in [0.25, 0.3) is 0 Å². The van der Waals surface area contributed by atoms with Crippen molar-refractivity contribution in [3.63, 3.8) is 0 Å². The predicted octanol–water partition coefficient (Wildman–Crippen LogP) is 1.90. The average Bonchev–Trinajstić information content (AvgIpc) is 2.56. The Bertz CT molecular complexity index is 581. The Labute approximate surface area is 139 Å². The molecule has 0 radical (unpaired) electrons. The van der Waals surface area contributed by atoms with Crippen molar-refractivity contribution in [1.29, 1.82) is 0 Å². The van der Waals surface area contributed by atoms with Gasteiger partial charge in [-0.25, -0.2) is 8.78 Å². The molecule has 7 heteroatoms. The van der Waals surface area contributed by atoms with Crippen molar-refractivity contribution < 1.29 is 23.5 Å². The van der Waals surface area contributed by atoms with E-state index >= 15 is 0 Å². The Morgan fingerprint density at radius 3 is 2.33 bits per heavy atom. The van der Waals surface area contributed by atoms with Gasteiger partial charge in [-0.1, -0.05) is 13.0 Å². The highest BCUT2D eigenvalue weighted by molar-refractivity contribution is 5.79. The van der Waals surface area contributed by atoms with Gasteiger partial charge in [0.2, 0.25) is 5.91 Å². The van der Waals surface area contributed by atoms with Gasteiger partial charge in [-0.3, -0.25) is 14.5 Å². The summed E-state index contributed by atoms with van der Waals surface area (Å²) in [6.45, 7) is 3.45. The number of halogens is 2. The molecule has 0 aromatic heterocycles. The highest BCUT2D eigenvalue weighted by Crippen LogP contribution is 2.19. The molecule has 0 atom stereocenters. The molecule has 0 aliphatic carbocycles. The number of likely N-dealkylation sites (tertiary alicyclic amines) is 1. The number of likely N-dealkylation sites (N-methyl/N-ethyl adjacent to an activating group) is 1. The molecule has 1 heterocycles. The molecule has 2 rings (SSSR count). The first-order chi connectivity index (χ1) is 11.4. The summed E-state index contributed by atoms with van der Waals surface area (Å²) in [5.41, 5.74) is -0.203. The van der Waals surface area contributed by atoms with Crippen LogP contribution in [0.3, 0.4) is 0 Å². The minimum Gasteiger partial charge on any atom is -0.480 e. The van der Waals surface area contributed by atoms with Crippen molar-refractivity contribution in [3.8, 4) is 0 Å². The molecule has 0 spiro atoms. The van der Waals surface area contributed by atoms with Crippen LogP contribution in [0.4, 0.5) is 8.78 Å². The third kappa shape index (κ3) is 4.50. The smallest absolute Gasteiger partial charge is 0.317 e. The molecule has 0 bridgehead atoms. The van der Waals surface area contributed by atoms with Crippen LogP contribution in [0.15, 0.2) is 18.2 Å². The first-order valence-corrected chi connectivity index (χ1v) is 8.08. The number of aliphatic carboxylic acids is 1. The van der Waals surface area contributed by atoms with Crippen molar-refractivity contribution in [2.24, 2.45) is 0 Å². The first-order valence-electron chi connectivity index (χ1n) is 8.08. The van der Waals surface area contributed by atoms with Crippen LogP contribution in [0, 0.1) is 11.6 Å². The molecular formula is C17H22F2N2O3. The van der Waals surface area contributed by atoms with E-state index in [1.165, 1.54) is 6.07 Å². The second-order valence-electron chi connectivity index (χ2n) is 5.95. The standard InChI is InChI=1S/C17H22F2N2O3/c1-2-20(11-17(23)24)12-6-8-21(9-7-12)16(22)10-13-14(18)4-3-5-15(13)19/h3-5,12H,2,6-11H2,1H3,(H,23,24). The van der Waals surface area contributed by atoms with E-state index in [1.807, 2.05) is 11.8 Å². The van der Waals surface area contributed by atoms with E-state index in [2.05, 4.69) is 0 Å². The molecule has 0 unspecified atom stereocenters. The molecule has 1 aromatic carbocycles. The van der Waals surface area contributed by atoms with Crippen LogP contribution < -0.4 is 0 Å². The summed E-state index contributed by atoms with van der Waals surface area (Å²) in [7, 11) is 0. The first kappa shape index (κ1) is 18.3. The quantitative estimate of drug-likeness (QED) is 0.859. The third-order valence-electron chi connectivity index (χ3n) is 4.47. The molecule has 1 aromatic rings. The molecule has 1 amide bonds. The number of rotatable bonds is 6. The zero-order valence-corrected chi connectivity index (χ0v) is 13.7. The van der Waals surface area contributed by atoms with Gasteiger partial charge in [0.25, 0.3) is 0 Å². The fraction of sp³-hybridized carbons (Fsp3) is 0.529. The summed E-state index contributed by atoms with van der Waals surface area (Å²) in [5, 5.41) is 8.92. The molecule has 132 valence electrons. The van der Waals surface area contributed by atoms with Gasteiger partial charge < -0.3 is 10.0 Å². The van der Waals surface area contributed by atoms with Gasteiger partial charge in [-0.05, 0) is 31.5 Å². The number of amides is 1. The monoisotopic (exact) mass is 340 g/mol. The van der Waals surface area contributed by atoms with Crippen LogP contribution in [0.5, 0.6) is 0 Å². The van der Waals surface area contributed by atoms with Crippen molar-refractivity contribution in [2.45, 2.75) is 32.2 Å². The second-order valence-corrected chi connectivity index (χ2v) is 5.95. The van der Waals surface area contributed by atoms with E-state index in [-0.39, 0.29) is 30.5 Å². The van der Waals surface area contributed by atoms with Crippen LogP contribution in [-0.4, -0.2) is 59.0 Å². The normalized spacial score (nSPS) is 15.8. The van der Waals surface area contributed by atoms with Gasteiger partial charge in [0.1, 0.15) is 11.6 Å². The Hall–Kier alpha value is -2.02. The largest absolute Gasteiger partial charge is 0.480 e. The highest BCUT2D eigenvalue weighted by atomic mass is 19.1. The fourth-order valence-corrected chi connectivity index (χ4v) is 3.12. The predicted molar refractivity (Wildman–Crippen MR) is 84.5 cm³/mol. The number of hydrogen-bond donors (Lipinski definition) is 1. The van der Waals surface area contributed by atoms with E-state index in [4.69, 9.17) is 5.11 Å². The topological polar surface area (TPSA) is 60.9 Å². The lowest BCUT2D eigenvalue weighted by molar-refractivity contribution is -0.140. The van der Waals surface area contributed by atoms with Gasteiger partial charge in [-0.2, -0.15) is 0 Å². The highest BCUT2D eigenvalue weighted by Gasteiger charge is 2.27. The minimum absolute atomic E-state index is 0.0183. The molecule has 24 heavy (non-hydrogen) atoms.